The zero-order chi connectivity index (χ0) is 68.5. The van der Waals surface area contributed by atoms with Gasteiger partial charge in [-0.1, -0.05) is 277 Å². The van der Waals surface area contributed by atoms with E-state index >= 15 is 0 Å². The lowest BCUT2D eigenvalue weighted by atomic mass is 9.33. The number of anilines is 3. The van der Waals surface area contributed by atoms with Crippen LogP contribution in [0.5, 0.6) is 0 Å². The fraction of sp³-hybridized carbons (Fsp3) is 0.188. The minimum atomic E-state index is -0.142. The molecule has 2 aliphatic heterocycles. The molecule has 3 nitrogen and oxygen atoms in total. The Morgan fingerprint density at radius 3 is 1.08 bits per heavy atom. The minimum Gasteiger partial charge on any atom is -0.311 e. The van der Waals surface area contributed by atoms with E-state index in [1.54, 1.807) is 0 Å². The highest BCUT2D eigenvalue weighted by Gasteiger charge is 2.43. The molecule has 0 radical (unpaired) electrons. The Labute approximate surface area is 591 Å². The molecule has 0 N–H and O–H groups in total. The van der Waals surface area contributed by atoms with Gasteiger partial charge in [0, 0.05) is 49.8 Å². The van der Waals surface area contributed by atoms with Gasteiger partial charge >= 0.3 is 0 Å². The third-order valence-electron chi connectivity index (χ3n) is 22.1. The Balaban J connectivity index is 1.01. The molecule has 0 unspecified atom stereocenters. The smallest absolute Gasteiger partial charge is 0.252 e. The molecule has 488 valence electrons. The first-order chi connectivity index (χ1) is 48.6. The Morgan fingerprint density at radius 1 is 0.250 bits per heavy atom. The maximum absolute atomic E-state index is 2.67. The Bertz CT molecular complexity index is 5520. The van der Waals surface area contributed by atoms with Crippen LogP contribution in [0.4, 0.5) is 17.1 Å². The predicted octanol–water partition coefficient (Wildman–Crippen LogP) is 25.2. The van der Waals surface area contributed by atoms with Crippen molar-refractivity contribution < 1.29 is 0 Å². The number of aromatic nitrogens is 2. The molecule has 0 fully saturated rings. The van der Waals surface area contributed by atoms with Gasteiger partial charge in [0.05, 0.1) is 22.2 Å². The Morgan fingerprint density at radius 2 is 0.610 bits per heavy atom. The van der Waals surface area contributed by atoms with E-state index in [1.807, 2.05) is 0 Å². The third kappa shape index (κ3) is 10.3. The van der Waals surface area contributed by atoms with E-state index in [0.29, 0.717) is 35.5 Å². The van der Waals surface area contributed by atoms with Crippen molar-refractivity contribution in [2.45, 2.75) is 119 Å². The molecule has 17 rings (SSSR count). The predicted molar refractivity (Wildman–Crippen MR) is 432 cm³/mol. The van der Waals surface area contributed by atoms with Gasteiger partial charge in [-0.05, 0) is 225 Å². The van der Waals surface area contributed by atoms with Gasteiger partial charge in [0.1, 0.15) is 0 Å². The van der Waals surface area contributed by atoms with Gasteiger partial charge in [0.25, 0.3) is 6.71 Å². The molecule has 0 saturated carbocycles. The molecule has 0 bridgehead atoms. The van der Waals surface area contributed by atoms with Crippen LogP contribution in [0.25, 0.3) is 122 Å². The molecule has 0 aliphatic carbocycles. The van der Waals surface area contributed by atoms with E-state index in [1.165, 1.54) is 177 Å². The number of rotatable bonds is 14. The van der Waals surface area contributed by atoms with Crippen molar-refractivity contribution in [3.05, 3.63) is 300 Å². The first-order valence-corrected chi connectivity index (χ1v) is 36.6. The average Bonchev–Trinajstić information content (AvgIpc) is 1.37. The van der Waals surface area contributed by atoms with Crippen molar-refractivity contribution in [2.75, 3.05) is 4.90 Å². The van der Waals surface area contributed by atoms with Crippen molar-refractivity contribution in [3.8, 4) is 78.1 Å². The van der Waals surface area contributed by atoms with Crippen molar-refractivity contribution in [1.29, 1.82) is 0 Å². The largest absolute Gasteiger partial charge is 0.311 e. The fourth-order valence-corrected chi connectivity index (χ4v) is 17.0. The quantitative estimate of drug-likeness (QED) is 0.0989. The number of hydrogen-bond acceptors (Lipinski definition) is 1. The summed E-state index contributed by atoms with van der Waals surface area (Å²) in [5, 5.41) is 4.99. The number of fused-ring (bicyclic) bond motifs is 10. The zero-order valence-electron chi connectivity index (χ0n) is 59.8. The number of benzene rings is 13. The summed E-state index contributed by atoms with van der Waals surface area (Å²) in [6.45, 7) is 28.3. The molecular formula is C96H86BN3. The fourth-order valence-electron chi connectivity index (χ4n) is 17.0. The van der Waals surface area contributed by atoms with Crippen LogP contribution in [0.1, 0.15) is 152 Å². The van der Waals surface area contributed by atoms with Gasteiger partial charge in [-0.3, -0.25) is 0 Å². The summed E-state index contributed by atoms with van der Waals surface area (Å²) >= 11 is 0. The molecule has 13 aromatic carbocycles. The second-order valence-corrected chi connectivity index (χ2v) is 30.4. The topological polar surface area (TPSA) is 13.1 Å². The van der Waals surface area contributed by atoms with Crippen LogP contribution in [-0.2, 0) is 0 Å². The maximum Gasteiger partial charge on any atom is 0.252 e. The highest BCUT2D eigenvalue weighted by Crippen LogP contribution is 2.49. The lowest BCUT2D eigenvalue weighted by Crippen LogP contribution is -2.60. The van der Waals surface area contributed by atoms with Crippen LogP contribution in [-0.4, -0.2) is 15.8 Å². The van der Waals surface area contributed by atoms with Crippen molar-refractivity contribution in [3.63, 3.8) is 0 Å². The van der Waals surface area contributed by atoms with Gasteiger partial charge in [0.2, 0.25) is 0 Å². The van der Waals surface area contributed by atoms with E-state index in [2.05, 4.69) is 364 Å². The van der Waals surface area contributed by atoms with E-state index in [9.17, 15) is 0 Å². The normalized spacial score (nSPS) is 12.7. The lowest BCUT2D eigenvalue weighted by molar-refractivity contribution is 0.807. The molecule has 2 aromatic heterocycles. The molecular weight excluding hydrogens is 1210 g/mol. The van der Waals surface area contributed by atoms with Crippen LogP contribution >= 0.6 is 0 Å². The van der Waals surface area contributed by atoms with Crippen molar-refractivity contribution >= 4 is 83.8 Å². The van der Waals surface area contributed by atoms with Gasteiger partial charge in [-0.25, -0.2) is 0 Å². The zero-order valence-corrected chi connectivity index (χ0v) is 59.8. The second-order valence-electron chi connectivity index (χ2n) is 30.4. The van der Waals surface area contributed by atoms with Crippen molar-refractivity contribution in [1.82, 2.24) is 9.13 Å². The molecule has 0 amide bonds. The molecule has 4 heterocycles. The average molecular weight is 1290 g/mol. The van der Waals surface area contributed by atoms with Crippen LogP contribution in [0.2, 0.25) is 0 Å². The summed E-state index contributed by atoms with van der Waals surface area (Å²) in [6, 6.07) is 103. The Hall–Kier alpha value is -10.7. The minimum absolute atomic E-state index is 0.142. The first-order valence-electron chi connectivity index (χ1n) is 36.6. The standard InChI is InChI=1S/C96H86BN3/c1-57(2)72-48-77(59(5)6)93(78(49-72)60(7)8)70-37-42-87-81(46-70)82-47-71(94-79(61(9)10)50-73(58(3)4)51-80(94)62(11)12)38-43-88(82)99(87)76-55-91-95-92(56-76)100-89-41-35-68(64-27-19-14-20-28-64)45-83(89)84-52-74(66-31-23-16-24-32-66)54-86(96(84)100)97(95)85-53-69(65-29-21-15-22-30-65)36-44-90(85)98(91)75-39-33-67(34-40-75)63-25-17-13-18-26-63/h13-62H,1-12H3. The summed E-state index contributed by atoms with van der Waals surface area (Å²) in [7, 11) is 0. The maximum atomic E-state index is 2.67. The monoisotopic (exact) mass is 1290 g/mol. The molecule has 0 atom stereocenters. The highest BCUT2D eigenvalue weighted by molar-refractivity contribution is 7.00. The summed E-state index contributed by atoms with van der Waals surface area (Å²) in [5.74, 6) is 2.14. The molecule has 4 heteroatoms. The first kappa shape index (κ1) is 62.8. The molecule has 15 aromatic rings. The van der Waals surface area contributed by atoms with E-state index in [4.69, 9.17) is 0 Å². The second kappa shape index (κ2) is 24.6. The Kier molecular flexibility index (Phi) is 15.5. The van der Waals surface area contributed by atoms with Gasteiger partial charge in [-0.2, -0.15) is 0 Å². The third-order valence-corrected chi connectivity index (χ3v) is 22.1. The van der Waals surface area contributed by atoms with Gasteiger partial charge in [0.15, 0.2) is 0 Å². The van der Waals surface area contributed by atoms with E-state index in [-0.39, 0.29) is 6.71 Å². The highest BCUT2D eigenvalue weighted by atomic mass is 15.2. The van der Waals surface area contributed by atoms with Crippen molar-refractivity contribution in [2.24, 2.45) is 0 Å². The van der Waals surface area contributed by atoms with Crippen LogP contribution in [0.3, 0.4) is 0 Å². The van der Waals surface area contributed by atoms with Crippen LogP contribution < -0.4 is 21.3 Å². The van der Waals surface area contributed by atoms with Gasteiger partial charge in [-0.15, -0.1) is 0 Å². The molecule has 2 aliphatic rings. The summed E-state index contributed by atoms with van der Waals surface area (Å²) in [6.07, 6.45) is 0. The molecule has 0 spiro atoms. The number of hydrogen-bond donors (Lipinski definition) is 0. The van der Waals surface area contributed by atoms with E-state index in [0.717, 1.165) is 11.4 Å². The summed E-state index contributed by atoms with van der Waals surface area (Å²) in [4.78, 5) is 2.60. The van der Waals surface area contributed by atoms with Crippen LogP contribution in [0, 0.1) is 0 Å². The summed E-state index contributed by atoms with van der Waals surface area (Å²) in [5.41, 5.74) is 37.8. The SMILES string of the molecule is CC(C)c1cc(C(C)C)c(-c2ccc3c(c2)c2cc(-c4c(C(C)C)cc(C(C)C)cc4C(C)C)ccc2n3-c2cc3c4c(c2)-n2c5ccc(-c6ccccc6)cc5c5cc(-c6ccccc6)cc(c52)B4c2cc(-c4ccccc4)ccc2N3c2ccc(-c3ccccc3)cc2)c(C(C)C)c1. The lowest BCUT2D eigenvalue weighted by Gasteiger charge is -2.41. The van der Waals surface area contributed by atoms with E-state index < -0.39 is 0 Å². The number of nitrogens with zero attached hydrogens (tertiary/aromatic N) is 3. The van der Waals surface area contributed by atoms with Crippen LogP contribution in [0.15, 0.2) is 267 Å². The molecule has 100 heavy (non-hydrogen) atoms. The molecule has 0 saturated heterocycles. The van der Waals surface area contributed by atoms with Gasteiger partial charge < -0.3 is 14.0 Å². The summed E-state index contributed by atoms with van der Waals surface area (Å²) < 4.78 is 5.29.